The van der Waals surface area contributed by atoms with Crippen molar-refractivity contribution in [2.24, 2.45) is 0 Å². The average molecular weight is 204 g/mol. The smallest absolute Gasteiger partial charge is 0.0105 e. The van der Waals surface area contributed by atoms with Crippen LogP contribution in [0.4, 0.5) is 0 Å². The van der Waals surface area contributed by atoms with E-state index < -0.39 is 0 Å². The zero-order chi connectivity index (χ0) is 11.0. The molecule has 0 saturated carbocycles. The molecule has 1 aliphatic carbocycles. The molecule has 0 amide bonds. The van der Waals surface area contributed by atoms with Gasteiger partial charge in [-0.15, -0.1) is 0 Å². The van der Waals surface area contributed by atoms with E-state index in [2.05, 4.69) is 61.2 Å². The Hall–Kier alpha value is -2.08. The van der Waals surface area contributed by atoms with Crippen LogP contribution in [0.1, 0.15) is 16.7 Å². The number of benzene rings is 2. The molecule has 0 radical (unpaired) electrons. The standard InChI is InChI=1S/C16H12/c1-12-15-10-6-5-9-14(15)11-16(12)13-7-3-2-4-8-13/h2-11H,1H2. The lowest BCUT2D eigenvalue weighted by Crippen LogP contribution is -1.82. The largest absolute Gasteiger partial charge is 0.0905 e. The van der Waals surface area contributed by atoms with Gasteiger partial charge in [-0.1, -0.05) is 61.2 Å². The molecule has 76 valence electrons. The van der Waals surface area contributed by atoms with Crippen molar-refractivity contribution in [3.8, 4) is 0 Å². The van der Waals surface area contributed by atoms with E-state index in [0.29, 0.717) is 0 Å². The van der Waals surface area contributed by atoms with Crippen molar-refractivity contribution in [2.75, 3.05) is 0 Å². The van der Waals surface area contributed by atoms with Crippen molar-refractivity contribution in [3.05, 3.63) is 77.9 Å². The maximum absolute atomic E-state index is 4.19. The fourth-order valence-corrected chi connectivity index (χ4v) is 2.16. The van der Waals surface area contributed by atoms with Gasteiger partial charge in [-0.05, 0) is 33.9 Å². The number of allylic oxidation sites excluding steroid dienone is 2. The third-order valence-electron chi connectivity index (χ3n) is 3.00. The van der Waals surface area contributed by atoms with Gasteiger partial charge in [0.15, 0.2) is 0 Å². The van der Waals surface area contributed by atoms with Crippen LogP contribution in [0.25, 0.3) is 17.2 Å². The van der Waals surface area contributed by atoms with Gasteiger partial charge >= 0.3 is 0 Å². The molecule has 0 spiro atoms. The molecule has 0 fully saturated rings. The summed E-state index contributed by atoms with van der Waals surface area (Å²) < 4.78 is 0. The van der Waals surface area contributed by atoms with Gasteiger partial charge in [-0.3, -0.25) is 0 Å². The summed E-state index contributed by atoms with van der Waals surface area (Å²) in [6, 6.07) is 18.8. The lowest BCUT2D eigenvalue weighted by molar-refractivity contribution is 1.61. The van der Waals surface area contributed by atoms with E-state index in [1.54, 1.807) is 0 Å². The van der Waals surface area contributed by atoms with Crippen LogP contribution in [-0.4, -0.2) is 0 Å². The molecule has 0 nitrogen and oxygen atoms in total. The third kappa shape index (κ3) is 1.31. The second-order valence-electron chi connectivity index (χ2n) is 3.99. The van der Waals surface area contributed by atoms with Crippen molar-refractivity contribution in [1.29, 1.82) is 0 Å². The minimum atomic E-state index is 1.13. The highest BCUT2D eigenvalue weighted by Crippen LogP contribution is 2.39. The summed E-state index contributed by atoms with van der Waals surface area (Å²) in [5.74, 6) is 0. The van der Waals surface area contributed by atoms with Crippen LogP contribution in [0.2, 0.25) is 0 Å². The molecule has 3 rings (SSSR count). The van der Waals surface area contributed by atoms with Gasteiger partial charge in [-0.25, -0.2) is 0 Å². The number of hydrogen-bond donors (Lipinski definition) is 0. The highest BCUT2D eigenvalue weighted by Gasteiger charge is 2.16. The van der Waals surface area contributed by atoms with E-state index in [-0.39, 0.29) is 0 Å². The Kier molecular flexibility index (Phi) is 2.00. The maximum atomic E-state index is 4.19. The Balaban J connectivity index is 2.13. The van der Waals surface area contributed by atoms with E-state index >= 15 is 0 Å². The molecule has 0 heteroatoms. The second-order valence-corrected chi connectivity index (χ2v) is 3.99. The fourth-order valence-electron chi connectivity index (χ4n) is 2.16. The van der Waals surface area contributed by atoms with E-state index in [1.807, 2.05) is 6.07 Å². The molecular formula is C16H12. The van der Waals surface area contributed by atoms with Crippen molar-refractivity contribution in [1.82, 2.24) is 0 Å². The average Bonchev–Trinajstić information content (AvgIpc) is 2.69. The van der Waals surface area contributed by atoms with Crippen LogP contribution in [0.5, 0.6) is 0 Å². The molecule has 2 aromatic rings. The van der Waals surface area contributed by atoms with Gasteiger partial charge in [0.2, 0.25) is 0 Å². The zero-order valence-corrected chi connectivity index (χ0v) is 8.98. The number of hydrogen-bond acceptors (Lipinski definition) is 0. The van der Waals surface area contributed by atoms with Crippen molar-refractivity contribution >= 4 is 17.2 Å². The van der Waals surface area contributed by atoms with Gasteiger partial charge in [0, 0.05) is 0 Å². The van der Waals surface area contributed by atoms with E-state index in [0.717, 1.165) is 5.57 Å². The minimum absolute atomic E-state index is 1.13. The molecule has 1 aliphatic rings. The lowest BCUT2D eigenvalue weighted by Gasteiger charge is -2.04. The summed E-state index contributed by atoms with van der Waals surface area (Å²) >= 11 is 0. The van der Waals surface area contributed by atoms with Gasteiger partial charge in [-0.2, -0.15) is 0 Å². The van der Waals surface area contributed by atoms with Crippen molar-refractivity contribution in [2.45, 2.75) is 0 Å². The Labute approximate surface area is 95.6 Å². The quantitative estimate of drug-likeness (QED) is 0.651. The number of fused-ring (bicyclic) bond motifs is 1. The van der Waals surface area contributed by atoms with Crippen LogP contribution in [0, 0.1) is 0 Å². The second kappa shape index (κ2) is 3.49. The lowest BCUT2D eigenvalue weighted by atomic mass is 9.99. The molecule has 0 aromatic heterocycles. The Morgan fingerprint density at radius 1 is 0.750 bits per heavy atom. The first kappa shape index (κ1) is 9.17. The van der Waals surface area contributed by atoms with Crippen LogP contribution >= 0.6 is 0 Å². The summed E-state index contributed by atoms with van der Waals surface area (Å²) in [6.07, 6.45) is 2.22. The molecule has 0 N–H and O–H groups in total. The number of rotatable bonds is 1. The Bertz CT molecular complexity index is 574. The Morgan fingerprint density at radius 2 is 1.44 bits per heavy atom. The predicted molar refractivity (Wildman–Crippen MR) is 69.8 cm³/mol. The summed E-state index contributed by atoms with van der Waals surface area (Å²) in [5.41, 5.74) is 6.13. The van der Waals surface area contributed by atoms with Gasteiger partial charge in [0.05, 0.1) is 0 Å². The molecular weight excluding hydrogens is 192 g/mol. The molecule has 0 aliphatic heterocycles. The van der Waals surface area contributed by atoms with Crippen molar-refractivity contribution < 1.29 is 0 Å². The fraction of sp³-hybridized carbons (Fsp3) is 0. The van der Waals surface area contributed by atoms with Crippen LogP contribution < -0.4 is 0 Å². The van der Waals surface area contributed by atoms with Crippen LogP contribution in [-0.2, 0) is 0 Å². The maximum Gasteiger partial charge on any atom is -0.0105 e. The van der Waals surface area contributed by atoms with Crippen molar-refractivity contribution in [3.63, 3.8) is 0 Å². The molecule has 0 unspecified atom stereocenters. The normalized spacial score (nSPS) is 13.5. The molecule has 0 heterocycles. The van der Waals surface area contributed by atoms with Gasteiger partial charge in [0.1, 0.15) is 0 Å². The third-order valence-corrected chi connectivity index (χ3v) is 3.00. The summed E-state index contributed by atoms with van der Waals surface area (Å²) in [5, 5.41) is 0. The van der Waals surface area contributed by atoms with Crippen LogP contribution in [0.15, 0.2) is 61.2 Å². The molecule has 2 aromatic carbocycles. The van der Waals surface area contributed by atoms with Crippen LogP contribution in [0.3, 0.4) is 0 Å². The monoisotopic (exact) mass is 204 g/mol. The first-order valence-corrected chi connectivity index (χ1v) is 5.42. The highest BCUT2D eigenvalue weighted by atomic mass is 14.2. The summed E-state index contributed by atoms with van der Waals surface area (Å²) in [7, 11) is 0. The first-order valence-electron chi connectivity index (χ1n) is 5.42. The first-order chi connectivity index (χ1) is 7.86. The van der Waals surface area contributed by atoms with E-state index in [9.17, 15) is 0 Å². The summed E-state index contributed by atoms with van der Waals surface area (Å²) in [4.78, 5) is 0. The van der Waals surface area contributed by atoms with Gasteiger partial charge in [0.25, 0.3) is 0 Å². The molecule has 16 heavy (non-hydrogen) atoms. The minimum Gasteiger partial charge on any atom is -0.0905 e. The predicted octanol–water partition coefficient (Wildman–Crippen LogP) is 4.25. The van der Waals surface area contributed by atoms with Gasteiger partial charge < -0.3 is 0 Å². The highest BCUT2D eigenvalue weighted by molar-refractivity contribution is 6.16. The summed E-state index contributed by atoms with van der Waals surface area (Å²) in [6.45, 7) is 4.19. The SMILES string of the molecule is C=C1C(c2ccccc2)=Cc2ccccc21. The molecule has 0 atom stereocenters. The topological polar surface area (TPSA) is 0 Å². The van der Waals surface area contributed by atoms with E-state index in [1.165, 1.54) is 22.3 Å². The molecule has 0 saturated heterocycles. The molecule has 0 bridgehead atoms. The van der Waals surface area contributed by atoms with E-state index in [4.69, 9.17) is 0 Å². The zero-order valence-electron chi connectivity index (χ0n) is 8.98. The Morgan fingerprint density at radius 3 is 2.19 bits per heavy atom.